The number of hydrogen-bond donors (Lipinski definition) is 10. The zero-order valence-electron chi connectivity index (χ0n) is 34.7. The number of aryl methyl sites for hydroxylation is 2. The van der Waals surface area contributed by atoms with E-state index in [1.54, 1.807) is 12.4 Å². The molecule has 10 atom stereocenters. The Kier molecular flexibility index (Phi) is 16.4. The first-order valence-electron chi connectivity index (χ1n) is 20.9. The average molecular weight is 899 g/mol. The first-order valence-corrected chi connectivity index (χ1v) is 22.4. The third kappa shape index (κ3) is 12.7. The van der Waals surface area contributed by atoms with E-state index in [0.717, 1.165) is 0 Å². The first-order chi connectivity index (χ1) is 30.1. The number of ether oxygens (including phenoxy) is 2. The maximum Gasteiger partial charge on any atom is 0.246 e. The second kappa shape index (κ2) is 21.7. The van der Waals surface area contributed by atoms with Crippen molar-refractivity contribution in [2.75, 3.05) is 23.8 Å². The highest BCUT2D eigenvalue weighted by molar-refractivity contribution is 7.91. The maximum absolute atomic E-state index is 13.4. The molecule has 2 aromatic carbocycles. The number of anilines is 2. The fourth-order valence-electron chi connectivity index (χ4n) is 7.60. The molecule has 0 bridgehead atoms. The lowest BCUT2D eigenvalue weighted by molar-refractivity contribution is -0.127. The molecule has 2 aliphatic rings. The molecule has 6 rings (SSSR count). The van der Waals surface area contributed by atoms with Crippen LogP contribution in [0.4, 0.5) is 11.4 Å². The van der Waals surface area contributed by atoms with Crippen LogP contribution in [0, 0.1) is 0 Å². The standard InChI is InChI=1S/C40H58N12O10S/c41-29-17-31(43)39(37(57)35(29)55)61-15-3-1-5-25-19-51(49-47-25)21-33(53)45-23-7-11-27(12-8-23)63(59,60)28-13-9-24(10-14-28)46-34(54)22-52-20-26(48-50-52)6-2-4-16-62-40-32(44)18-30(42)36(56)38(40)58/h7-14,19-20,29-32,35-40,55-58H,1-6,15-18,21-22,41-44H2,(H,45,53)(H,46,54)/t29-,30-,31+,32+,35+,36+,37-,38-,39-,40-/m1/s1. The number of aliphatic hydroxyl groups is 4. The van der Waals surface area contributed by atoms with Crippen molar-refractivity contribution >= 4 is 33.0 Å². The predicted molar refractivity (Wildman–Crippen MR) is 226 cm³/mol. The molecule has 0 aliphatic heterocycles. The van der Waals surface area contributed by atoms with Gasteiger partial charge in [0, 0.05) is 61.1 Å². The minimum absolute atomic E-state index is 0.00919. The van der Waals surface area contributed by atoms with Crippen LogP contribution in [0.5, 0.6) is 0 Å². The molecule has 2 saturated carbocycles. The number of sulfone groups is 1. The van der Waals surface area contributed by atoms with Crippen LogP contribution in [0.3, 0.4) is 0 Å². The first kappa shape index (κ1) is 47.7. The monoisotopic (exact) mass is 898 g/mol. The van der Waals surface area contributed by atoms with Crippen molar-refractivity contribution in [2.24, 2.45) is 22.9 Å². The molecule has 2 amide bonds. The number of carbonyl (C=O) groups is 2. The highest BCUT2D eigenvalue weighted by Gasteiger charge is 2.42. The van der Waals surface area contributed by atoms with Gasteiger partial charge in [-0.25, -0.2) is 17.8 Å². The summed E-state index contributed by atoms with van der Waals surface area (Å²) >= 11 is 0. The summed E-state index contributed by atoms with van der Waals surface area (Å²) in [5.74, 6) is -0.784. The molecule has 0 unspecified atom stereocenters. The molecule has 22 nitrogen and oxygen atoms in total. The number of aromatic nitrogens is 6. The Morgan fingerprint density at radius 1 is 0.603 bits per heavy atom. The molecule has 23 heteroatoms. The van der Waals surface area contributed by atoms with Gasteiger partial charge in [0.2, 0.25) is 21.7 Å². The minimum Gasteiger partial charge on any atom is -0.389 e. The molecule has 2 fully saturated rings. The molecular formula is C40H58N12O10S. The molecule has 2 aromatic heterocycles. The largest absolute Gasteiger partial charge is 0.389 e. The van der Waals surface area contributed by atoms with Crippen LogP contribution in [0.2, 0.25) is 0 Å². The van der Waals surface area contributed by atoms with Gasteiger partial charge in [0.05, 0.1) is 33.4 Å². The summed E-state index contributed by atoms with van der Waals surface area (Å²) in [4.78, 5) is 25.5. The molecular weight excluding hydrogens is 841 g/mol. The number of benzene rings is 2. The van der Waals surface area contributed by atoms with Crippen LogP contribution in [0.25, 0.3) is 0 Å². The molecule has 14 N–H and O–H groups in total. The van der Waals surface area contributed by atoms with Gasteiger partial charge < -0.3 is 63.5 Å². The topological polar surface area (TPSA) is 357 Å². The Balaban J connectivity index is 0.879. The van der Waals surface area contributed by atoms with Crippen LogP contribution in [-0.4, -0.2) is 145 Å². The fraction of sp³-hybridized carbons (Fsp3) is 0.550. The van der Waals surface area contributed by atoms with E-state index in [9.17, 15) is 38.4 Å². The molecule has 0 saturated heterocycles. The maximum atomic E-state index is 13.4. The van der Waals surface area contributed by atoms with Gasteiger partial charge >= 0.3 is 0 Å². The molecule has 0 radical (unpaired) electrons. The van der Waals surface area contributed by atoms with Gasteiger partial charge in [-0.2, -0.15) is 0 Å². The minimum atomic E-state index is -3.92. The third-order valence-electron chi connectivity index (χ3n) is 11.1. The summed E-state index contributed by atoms with van der Waals surface area (Å²) in [5.41, 5.74) is 25.8. The summed E-state index contributed by atoms with van der Waals surface area (Å²) in [7, 11) is -3.92. The van der Waals surface area contributed by atoms with E-state index in [2.05, 4.69) is 31.3 Å². The SMILES string of the molecule is N[C@@H]1C[C@H](N)[C@@H](OCCCCc2cn(CC(=O)Nc3ccc(S(=O)(=O)c4ccc(NC(=O)Cn5cc(CCCCO[C@H]6[C@H](O)[C@@H](O)[C@H](N)C[C@@H]6N)nn5)cc4)cc3)nn2)[C@H](O)[C@H]1O. The van der Waals surface area contributed by atoms with Crippen molar-refractivity contribution in [3.05, 3.63) is 72.3 Å². The van der Waals surface area contributed by atoms with Crippen LogP contribution >= 0.6 is 0 Å². The molecule has 2 aliphatic carbocycles. The quantitative estimate of drug-likeness (QED) is 0.0427. The molecule has 0 spiro atoms. The van der Waals surface area contributed by atoms with Crippen LogP contribution in [0.1, 0.15) is 49.9 Å². The van der Waals surface area contributed by atoms with E-state index in [1.165, 1.54) is 57.9 Å². The number of amides is 2. The Labute approximate surface area is 364 Å². The number of aliphatic hydroxyl groups excluding tert-OH is 4. The van der Waals surface area contributed by atoms with E-state index >= 15 is 0 Å². The van der Waals surface area contributed by atoms with E-state index in [4.69, 9.17) is 32.4 Å². The lowest BCUT2D eigenvalue weighted by Crippen LogP contribution is -2.62. The number of nitrogens with zero attached hydrogens (tertiary/aromatic N) is 6. The van der Waals surface area contributed by atoms with Gasteiger partial charge in [-0.3, -0.25) is 9.59 Å². The Bertz CT molecular complexity index is 2060. The van der Waals surface area contributed by atoms with Crippen LogP contribution in [0.15, 0.2) is 70.7 Å². The number of unbranched alkanes of at least 4 members (excludes halogenated alkanes) is 2. The number of carbonyl (C=O) groups excluding carboxylic acids is 2. The van der Waals surface area contributed by atoms with Gasteiger partial charge in [0.1, 0.15) is 37.5 Å². The van der Waals surface area contributed by atoms with Crippen molar-refractivity contribution in [1.29, 1.82) is 0 Å². The second-order valence-corrected chi connectivity index (χ2v) is 18.1. The predicted octanol–water partition coefficient (Wildman–Crippen LogP) is -2.04. The summed E-state index contributed by atoms with van der Waals surface area (Å²) in [6.45, 7) is 0.415. The van der Waals surface area contributed by atoms with Crippen molar-refractivity contribution in [3.63, 3.8) is 0 Å². The Hall–Kier alpha value is -4.79. The second-order valence-electron chi connectivity index (χ2n) is 16.1. The van der Waals surface area contributed by atoms with E-state index < -0.39 is 82.4 Å². The number of nitrogens with two attached hydrogens (primary N) is 4. The Morgan fingerprint density at radius 2 is 0.984 bits per heavy atom. The summed E-state index contributed by atoms with van der Waals surface area (Å²) in [6.07, 6.45) is 2.00. The highest BCUT2D eigenvalue weighted by Crippen LogP contribution is 2.25. The lowest BCUT2D eigenvalue weighted by Gasteiger charge is -2.39. The van der Waals surface area contributed by atoms with Crippen molar-refractivity contribution in [2.45, 2.75) is 135 Å². The third-order valence-corrected chi connectivity index (χ3v) is 12.9. The molecule has 63 heavy (non-hydrogen) atoms. The van der Waals surface area contributed by atoms with Crippen molar-refractivity contribution in [3.8, 4) is 0 Å². The lowest BCUT2D eigenvalue weighted by atomic mass is 9.85. The van der Waals surface area contributed by atoms with Gasteiger partial charge in [0.25, 0.3) is 0 Å². The van der Waals surface area contributed by atoms with E-state index in [1.807, 2.05) is 0 Å². The normalized spacial score (nSPS) is 26.3. The summed E-state index contributed by atoms with van der Waals surface area (Å²) < 4.78 is 41.0. The zero-order valence-corrected chi connectivity index (χ0v) is 35.5. The van der Waals surface area contributed by atoms with Gasteiger partial charge in [0.15, 0.2) is 0 Å². The van der Waals surface area contributed by atoms with Crippen LogP contribution in [-0.2, 0) is 54.8 Å². The van der Waals surface area contributed by atoms with Crippen molar-refractivity contribution in [1.82, 2.24) is 30.0 Å². The van der Waals surface area contributed by atoms with Gasteiger partial charge in [-0.05, 0) is 99.9 Å². The summed E-state index contributed by atoms with van der Waals surface area (Å²) in [5, 5.41) is 62.2. The Morgan fingerprint density at radius 3 is 1.37 bits per heavy atom. The average Bonchev–Trinajstić information content (AvgIpc) is 3.90. The van der Waals surface area contributed by atoms with E-state index in [0.29, 0.717) is 87.3 Å². The number of rotatable bonds is 20. The fourth-order valence-corrected chi connectivity index (χ4v) is 8.86. The summed E-state index contributed by atoms with van der Waals surface area (Å²) in [6, 6.07) is 9.35. The van der Waals surface area contributed by atoms with E-state index in [-0.39, 0.29) is 22.9 Å². The number of hydrogen-bond acceptors (Lipinski definition) is 18. The highest BCUT2D eigenvalue weighted by atomic mass is 32.2. The number of nitrogens with one attached hydrogen (secondary N) is 2. The zero-order chi connectivity index (χ0) is 45.3. The van der Waals surface area contributed by atoms with Crippen molar-refractivity contribution < 1.29 is 47.9 Å². The van der Waals surface area contributed by atoms with Gasteiger partial charge in [-0.1, -0.05) is 10.4 Å². The van der Waals surface area contributed by atoms with Crippen LogP contribution < -0.4 is 33.6 Å². The molecule has 344 valence electrons. The molecule has 2 heterocycles. The van der Waals surface area contributed by atoms with Gasteiger partial charge in [-0.15, -0.1) is 10.2 Å². The molecule has 4 aromatic rings. The smallest absolute Gasteiger partial charge is 0.246 e.